The summed E-state index contributed by atoms with van der Waals surface area (Å²) >= 11 is 0. The van der Waals surface area contributed by atoms with Gasteiger partial charge in [-0.3, -0.25) is 14.5 Å². The Kier molecular flexibility index (Phi) is 8.01. The number of carbonyl (C=O) groups excluding carboxylic acids is 2. The van der Waals surface area contributed by atoms with E-state index in [1.807, 2.05) is 62.0 Å². The zero-order valence-electron chi connectivity index (χ0n) is 17.9. The molecule has 1 fully saturated rings. The van der Waals surface area contributed by atoms with Gasteiger partial charge >= 0.3 is 5.97 Å². The molecule has 0 aromatic heterocycles. The first-order valence-electron chi connectivity index (χ1n) is 10.0. The van der Waals surface area contributed by atoms with Crippen LogP contribution in [0.4, 0.5) is 0 Å². The van der Waals surface area contributed by atoms with Gasteiger partial charge in [0, 0.05) is 26.8 Å². The molecule has 1 heterocycles. The van der Waals surface area contributed by atoms with Crippen LogP contribution in [0.3, 0.4) is 0 Å². The number of ether oxygens (including phenoxy) is 2. The number of methoxy groups -OCH3 is 1. The molecule has 1 aliphatic heterocycles. The number of hydrogen-bond acceptors (Lipinski definition) is 5. The summed E-state index contributed by atoms with van der Waals surface area (Å²) in [6.45, 7) is 5.84. The van der Waals surface area contributed by atoms with Crippen molar-refractivity contribution in [3.8, 4) is 0 Å². The van der Waals surface area contributed by atoms with E-state index in [-0.39, 0.29) is 17.9 Å². The Morgan fingerprint density at radius 3 is 2.39 bits per heavy atom. The number of rotatable bonds is 8. The van der Waals surface area contributed by atoms with Crippen LogP contribution in [0.25, 0.3) is 0 Å². The molecule has 0 spiro atoms. The third-order valence-corrected chi connectivity index (χ3v) is 5.76. The van der Waals surface area contributed by atoms with E-state index in [4.69, 9.17) is 9.47 Å². The summed E-state index contributed by atoms with van der Waals surface area (Å²) in [6.07, 6.45) is 1.84. The van der Waals surface area contributed by atoms with Crippen LogP contribution in [0.2, 0.25) is 0 Å². The first-order valence-corrected chi connectivity index (χ1v) is 10.0. The SMILES string of the molecule is CCOC(=O)C1(CCOC)CCN(C(=O)[C@@H](c2ccccc2C)N(C)C)CC1. The number of hydrogen-bond donors (Lipinski definition) is 0. The minimum absolute atomic E-state index is 0.0866. The van der Waals surface area contributed by atoms with Crippen molar-refractivity contribution in [1.82, 2.24) is 9.80 Å². The average Bonchev–Trinajstić information content (AvgIpc) is 2.68. The maximum Gasteiger partial charge on any atom is 0.312 e. The Morgan fingerprint density at radius 1 is 1.21 bits per heavy atom. The van der Waals surface area contributed by atoms with Crippen LogP contribution >= 0.6 is 0 Å². The number of likely N-dealkylation sites (tertiary alicyclic amines) is 1. The second-order valence-electron chi connectivity index (χ2n) is 7.79. The highest BCUT2D eigenvalue weighted by Crippen LogP contribution is 2.38. The molecule has 28 heavy (non-hydrogen) atoms. The van der Waals surface area contributed by atoms with Crippen molar-refractivity contribution >= 4 is 11.9 Å². The first-order chi connectivity index (χ1) is 13.4. The maximum atomic E-state index is 13.4. The van der Waals surface area contributed by atoms with Gasteiger partial charge < -0.3 is 14.4 Å². The van der Waals surface area contributed by atoms with Crippen LogP contribution in [0, 0.1) is 12.3 Å². The van der Waals surface area contributed by atoms with Crippen LogP contribution in [0.1, 0.15) is 43.4 Å². The van der Waals surface area contributed by atoms with Crippen LogP contribution in [-0.2, 0) is 19.1 Å². The van der Waals surface area contributed by atoms with Gasteiger partial charge in [0.25, 0.3) is 0 Å². The number of likely N-dealkylation sites (N-methyl/N-ethyl adjacent to an activating group) is 1. The van der Waals surface area contributed by atoms with Gasteiger partial charge in [-0.1, -0.05) is 24.3 Å². The quantitative estimate of drug-likeness (QED) is 0.639. The third kappa shape index (κ3) is 4.92. The molecule has 1 amide bonds. The molecule has 0 saturated carbocycles. The molecule has 1 aliphatic rings. The van der Waals surface area contributed by atoms with Crippen molar-refractivity contribution in [2.75, 3.05) is 47.5 Å². The molecule has 0 unspecified atom stereocenters. The summed E-state index contributed by atoms with van der Waals surface area (Å²) in [5.41, 5.74) is 1.57. The van der Waals surface area contributed by atoms with Gasteiger partial charge in [0.15, 0.2) is 0 Å². The molecule has 2 rings (SSSR count). The molecule has 156 valence electrons. The predicted octanol–water partition coefficient (Wildman–Crippen LogP) is 2.81. The zero-order valence-corrected chi connectivity index (χ0v) is 17.9. The second-order valence-corrected chi connectivity index (χ2v) is 7.79. The number of esters is 1. The zero-order chi connectivity index (χ0) is 20.7. The van der Waals surface area contributed by atoms with Gasteiger partial charge in [-0.25, -0.2) is 0 Å². The van der Waals surface area contributed by atoms with Crippen LogP contribution < -0.4 is 0 Å². The van der Waals surface area contributed by atoms with Crippen LogP contribution in [0.15, 0.2) is 24.3 Å². The van der Waals surface area contributed by atoms with Crippen LogP contribution in [-0.4, -0.2) is 69.2 Å². The number of amides is 1. The van der Waals surface area contributed by atoms with E-state index >= 15 is 0 Å². The standard InChI is InChI=1S/C22H34N2O4/c1-6-28-21(26)22(13-16-27-5)11-14-24(15-12-22)20(25)19(23(3)4)18-10-8-7-9-17(18)2/h7-10,19H,6,11-16H2,1-5H3/t19-/m1/s1. The number of nitrogens with zero attached hydrogens (tertiary/aromatic N) is 2. The van der Waals surface area contributed by atoms with Crippen LogP contribution in [0.5, 0.6) is 0 Å². The normalized spacial score (nSPS) is 17.4. The van der Waals surface area contributed by atoms with E-state index in [0.29, 0.717) is 45.6 Å². The Hall–Kier alpha value is -1.92. The molecule has 0 bridgehead atoms. The van der Waals surface area contributed by atoms with E-state index in [1.165, 1.54) is 0 Å². The molecule has 0 aliphatic carbocycles. The van der Waals surface area contributed by atoms with Crippen molar-refractivity contribution in [2.45, 2.75) is 39.2 Å². The monoisotopic (exact) mass is 390 g/mol. The van der Waals surface area contributed by atoms with Gasteiger partial charge in [-0.2, -0.15) is 0 Å². The molecule has 1 aromatic rings. The fourth-order valence-electron chi connectivity index (χ4n) is 3.99. The van der Waals surface area contributed by atoms with Crippen molar-refractivity contribution < 1.29 is 19.1 Å². The molecule has 0 radical (unpaired) electrons. The molecule has 6 heteroatoms. The van der Waals surface area contributed by atoms with Gasteiger partial charge in [0.1, 0.15) is 6.04 Å². The second kappa shape index (κ2) is 10.0. The maximum absolute atomic E-state index is 13.4. The van der Waals surface area contributed by atoms with E-state index in [1.54, 1.807) is 7.11 Å². The summed E-state index contributed by atoms with van der Waals surface area (Å²) in [5.74, 6) is -0.0780. The highest BCUT2D eigenvalue weighted by atomic mass is 16.5. The molecule has 1 atom stereocenters. The third-order valence-electron chi connectivity index (χ3n) is 5.76. The fourth-order valence-corrected chi connectivity index (χ4v) is 3.99. The topological polar surface area (TPSA) is 59.1 Å². The lowest BCUT2D eigenvalue weighted by atomic mass is 9.75. The Labute approximate surface area is 168 Å². The minimum atomic E-state index is -0.556. The number of aryl methyl sites for hydroxylation is 1. The Morgan fingerprint density at radius 2 is 1.86 bits per heavy atom. The average molecular weight is 391 g/mol. The summed E-state index contributed by atoms with van der Waals surface area (Å²) < 4.78 is 10.6. The number of carbonyl (C=O) groups is 2. The largest absolute Gasteiger partial charge is 0.466 e. The lowest BCUT2D eigenvalue weighted by Gasteiger charge is -2.41. The van der Waals surface area contributed by atoms with E-state index < -0.39 is 5.41 Å². The van der Waals surface area contributed by atoms with Crippen molar-refractivity contribution in [2.24, 2.45) is 5.41 Å². The predicted molar refractivity (Wildman–Crippen MR) is 109 cm³/mol. The molecule has 1 saturated heterocycles. The number of piperidine rings is 1. The fraction of sp³-hybridized carbons (Fsp3) is 0.636. The van der Waals surface area contributed by atoms with Gasteiger partial charge in [-0.15, -0.1) is 0 Å². The van der Waals surface area contributed by atoms with E-state index in [9.17, 15) is 9.59 Å². The summed E-state index contributed by atoms with van der Waals surface area (Å²) in [5, 5.41) is 0. The van der Waals surface area contributed by atoms with Crippen molar-refractivity contribution in [3.63, 3.8) is 0 Å². The van der Waals surface area contributed by atoms with Gasteiger partial charge in [0.2, 0.25) is 5.91 Å². The molecule has 6 nitrogen and oxygen atoms in total. The summed E-state index contributed by atoms with van der Waals surface area (Å²) in [4.78, 5) is 29.8. The Balaban J connectivity index is 2.16. The molecule has 0 N–H and O–H groups in total. The van der Waals surface area contributed by atoms with Crippen molar-refractivity contribution in [3.05, 3.63) is 35.4 Å². The molecule has 1 aromatic carbocycles. The Bertz CT molecular complexity index is 666. The summed E-state index contributed by atoms with van der Waals surface area (Å²) in [7, 11) is 5.50. The van der Waals surface area contributed by atoms with Gasteiger partial charge in [-0.05, 0) is 58.3 Å². The van der Waals surface area contributed by atoms with Crippen molar-refractivity contribution in [1.29, 1.82) is 0 Å². The lowest BCUT2D eigenvalue weighted by Crippen LogP contribution is -2.50. The lowest BCUT2D eigenvalue weighted by molar-refractivity contribution is -0.162. The van der Waals surface area contributed by atoms with Gasteiger partial charge in [0.05, 0.1) is 12.0 Å². The molecular formula is C22H34N2O4. The minimum Gasteiger partial charge on any atom is -0.466 e. The molecular weight excluding hydrogens is 356 g/mol. The van der Waals surface area contributed by atoms with E-state index in [2.05, 4.69) is 0 Å². The highest BCUT2D eigenvalue weighted by Gasteiger charge is 2.44. The highest BCUT2D eigenvalue weighted by molar-refractivity contribution is 5.84. The van der Waals surface area contributed by atoms with E-state index in [0.717, 1.165) is 11.1 Å². The first kappa shape index (κ1) is 22.4. The number of benzene rings is 1. The smallest absolute Gasteiger partial charge is 0.312 e. The summed E-state index contributed by atoms with van der Waals surface area (Å²) in [6, 6.07) is 7.68.